The highest BCUT2D eigenvalue weighted by atomic mass is 16.5. The SMILES string of the molecule is COC(=O)C1=CC(c2ccc(OC)cc2)N(c2ccccc2)C=C1C(=O)OC. The van der Waals surface area contributed by atoms with Crippen LogP contribution in [-0.2, 0) is 19.1 Å². The van der Waals surface area contributed by atoms with E-state index in [9.17, 15) is 9.59 Å². The standard InChI is InChI=1S/C22H21NO5/c1-26-17-11-9-15(10-12-17)20-13-18(21(24)27-2)19(22(25)28-3)14-23(20)16-7-5-4-6-8-16/h4-14,20H,1-3H3. The van der Waals surface area contributed by atoms with E-state index >= 15 is 0 Å². The number of methoxy groups -OCH3 is 3. The lowest BCUT2D eigenvalue weighted by Gasteiger charge is -2.33. The van der Waals surface area contributed by atoms with Gasteiger partial charge in [-0.15, -0.1) is 0 Å². The summed E-state index contributed by atoms with van der Waals surface area (Å²) in [6, 6.07) is 16.8. The number of anilines is 1. The summed E-state index contributed by atoms with van der Waals surface area (Å²) in [4.78, 5) is 26.6. The number of para-hydroxylation sites is 1. The lowest BCUT2D eigenvalue weighted by Crippen LogP contribution is -2.30. The summed E-state index contributed by atoms with van der Waals surface area (Å²) in [5.41, 5.74) is 2.10. The Hall–Kier alpha value is -3.54. The first kappa shape index (κ1) is 19.2. The summed E-state index contributed by atoms with van der Waals surface area (Å²) < 4.78 is 15.0. The van der Waals surface area contributed by atoms with Crippen LogP contribution in [-0.4, -0.2) is 33.3 Å². The lowest BCUT2D eigenvalue weighted by atomic mass is 9.94. The third-order valence-electron chi connectivity index (χ3n) is 4.50. The fraction of sp³-hybridized carbons (Fsp3) is 0.182. The lowest BCUT2D eigenvalue weighted by molar-refractivity contribution is -0.139. The first-order valence-electron chi connectivity index (χ1n) is 8.67. The van der Waals surface area contributed by atoms with E-state index in [1.807, 2.05) is 59.5 Å². The van der Waals surface area contributed by atoms with Crippen molar-refractivity contribution in [1.82, 2.24) is 0 Å². The molecule has 1 aliphatic heterocycles. The van der Waals surface area contributed by atoms with Crippen molar-refractivity contribution in [2.75, 3.05) is 26.2 Å². The van der Waals surface area contributed by atoms with Gasteiger partial charge in [-0.05, 0) is 35.9 Å². The van der Waals surface area contributed by atoms with E-state index in [2.05, 4.69) is 0 Å². The van der Waals surface area contributed by atoms with Crippen LogP contribution in [0.5, 0.6) is 5.75 Å². The van der Waals surface area contributed by atoms with Crippen LogP contribution >= 0.6 is 0 Å². The minimum absolute atomic E-state index is 0.142. The molecule has 0 aromatic heterocycles. The number of hydrogen-bond donors (Lipinski definition) is 0. The molecular weight excluding hydrogens is 358 g/mol. The van der Waals surface area contributed by atoms with E-state index in [4.69, 9.17) is 14.2 Å². The van der Waals surface area contributed by atoms with Gasteiger partial charge in [0.1, 0.15) is 5.75 Å². The molecule has 144 valence electrons. The minimum Gasteiger partial charge on any atom is -0.497 e. The molecule has 6 heteroatoms. The predicted molar refractivity (Wildman–Crippen MR) is 105 cm³/mol. The molecule has 0 N–H and O–H groups in total. The van der Waals surface area contributed by atoms with Gasteiger partial charge in [-0.25, -0.2) is 9.59 Å². The van der Waals surface area contributed by atoms with Crippen LogP contribution in [0.25, 0.3) is 0 Å². The average Bonchev–Trinajstić information content (AvgIpc) is 2.77. The number of carbonyl (C=O) groups is 2. The van der Waals surface area contributed by atoms with Crippen LogP contribution in [0, 0.1) is 0 Å². The summed E-state index contributed by atoms with van der Waals surface area (Å²) in [6.07, 6.45) is 3.34. The molecule has 0 saturated heterocycles. The van der Waals surface area contributed by atoms with Crippen LogP contribution in [0.4, 0.5) is 5.69 Å². The van der Waals surface area contributed by atoms with Crippen LogP contribution in [0.3, 0.4) is 0 Å². The van der Waals surface area contributed by atoms with Crippen molar-refractivity contribution in [3.63, 3.8) is 0 Å². The van der Waals surface area contributed by atoms with Gasteiger partial charge in [-0.1, -0.05) is 30.3 Å². The number of nitrogens with zero attached hydrogens (tertiary/aromatic N) is 1. The van der Waals surface area contributed by atoms with E-state index < -0.39 is 11.9 Å². The molecule has 0 aliphatic carbocycles. The third kappa shape index (κ3) is 3.76. The van der Waals surface area contributed by atoms with Crippen LogP contribution in [0.2, 0.25) is 0 Å². The molecular formula is C22H21NO5. The second-order valence-electron chi connectivity index (χ2n) is 6.07. The Bertz CT molecular complexity index is 916. The largest absolute Gasteiger partial charge is 0.497 e. The van der Waals surface area contributed by atoms with E-state index in [-0.39, 0.29) is 17.2 Å². The Kier molecular flexibility index (Phi) is 5.79. The molecule has 2 aromatic rings. The number of carbonyl (C=O) groups excluding carboxylic acids is 2. The highest BCUT2D eigenvalue weighted by Gasteiger charge is 2.32. The molecule has 1 unspecified atom stereocenters. The molecule has 0 saturated carbocycles. The molecule has 3 rings (SSSR count). The Morgan fingerprint density at radius 3 is 2.00 bits per heavy atom. The van der Waals surface area contributed by atoms with Gasteiger partial charge in [0.05, 0.1) is 38.5 Å². The van der Waals surface area contributed by atoms with Crippen molar-refractivity contribution in [2.24, 2.45) is 0 Å². The van der Waals surface area contributed by atoms with E-state index in [0.717, 1.165) is 17.0 Å². The van der Waals surface area contributed by atoms with Crippen LogP contribution < -0.4 is 9.64 Å². The van der Waals surface area contributed by atoms with Crippen molar-refractivity contribution in [3.05, 3.63) is 83.6 Å². The molecule has 0 spiro atoms. The molecule has 2 aromatic carbocycles. The summed E-state index contributed by atoms with van der Waals surface area (Å²) in [7, 11) is 4.16. The number of rotatable bonds is 5. The zero-order chi connectivity index (χ0) is 20.1. The summed E-state index contributed by atoms with van der Waals surface area (Å²) in [5.74, 6) is -0.470. The Labute approximate surface area is 163 Å². The van der Waals surface area contributed by atoms with Gasteiger partial charge < -0.3 is 19.1 Å². The van der Waals surface area contributed by atoms with Crippen LogP contribution in [0.15, 0.2) is 78.0 Å². The predicted octanol–water partition coefficient (Wildman–Crippen LogP) is 3.41. The van der Waals surface area contributed by atoms with Gasteiger partial charge in [0.2, 0.25) is 0 Å². The van der Waals surface area contributed by atoms with E-state index in [1.165, 1.54) is 14.2 Å². The molecule has 0 radical (unpaired) electrons. The Morgan fingerprint density at radius 1 is 0.821 bits per heavy atom. The summed E-state index contributed by atoms with van der Waals surface area (Å²) in [5, 5.41) is 0. The van der Waals surface area contributed by atoms with E-state index in [1.54, 1.807) is 19.4 Å². The van der Waals surface area contributed by atoms with Crippen LogP contribution in [0.1, 0.15) is 11.6 Å². The van der Waals surface area contributed by atoms with Gasteiger partial charge in [-0.3, -0.25) is 0 Å². The first-order chi connectivity index (χ1) is 13.6. The van der Waals surface area contributed by atoms with Crippen molar-refractivity contribution in [1.29, 1.82) is 0 Å². The molecule has 1 heterocycles. The molecule has 6 nitrogen and oxygen atoms in total. The number of esters is 2. The second kappa shape index (κ2) is 8.43. The topological polar surface area (TPSA) is 65.1 Å². The fourth-order valence-corrected chi connectivity index (χ4v) is 3.07. The minimum atomic E-state index is -0.606. The maximum atomic E-state index is 12.3. The van der Waals surface area contributed by atoms with Gasteiger partial charge in [0.25, 0.3) is 0 Å². The monoisotopic (exact) mass is 379 g/mol. The van der Waals surface area contributed by atoms with Gasteiger partial charge in [0, 0.05) is 11.9 Å². The van der Waals surface area contributed by atoms with Crippen molar-refractivity contribution >= 4 is 17.6 Å². The Morgan fingerprint density at radius 2 is 1.43 bits per heavy atom. The highest BCUT2D eigenvalue weighted by Crippen LogP contribution is 2.36. The molecule has 1 atom stereocenters. The average molecular weight is 379 g/mol. The van der Waals surface area contributed by atoms with Gasteiger partial charge in [-0.2, -0.15) is 0 Å². The third-order valence-corrected chi connectivity index (χ3v) is 4.50. The summed E-state index contributed by atoms with van der Waals surface area (Å²) >= 11 is 0. The molecule has 0 fully saturated rings. The molecule has 0 bridgehead atoms. The fourth-order valence-electron chi connectivity index (χ4n) is 3.07. The summed E-state index contributed by atoms with van der Waals surface area (Å²) in [6.45, 7) is 0. The number of benzene rings is 2. The maximum absolute atomic E-state index is 12.3. The maximum Gasteiger partial charge on any atom is 0.340 e. The zero-order valence-electron chi connectivity index (χ0n) is 15.9. The quantitative estimate of drug-likeness (QED) is 0.742. The molecule has 1 aliphatic rings. The number of hydrogen-bond acceptors (Lipinski definition) is 6. The highest BCUT2D eigenvalue weighted by molar-refractivity contribution is 6.08. The van der Waals surface area contributed by atoms with E-state index in [0.29, 0.717) is 0 Å². The smallest absolute Gasteiger partial charge is 0.340 e. The number of ether oxygens (including phenoxy) is 3. The van der Waals surface area contributed by atoms with Crippen molar-refractivity contribution in [3.8, 4) is 5.75 Å². The van der Waals surface area contributed by atoms with Gasteiger partial charge >= 0.3 is 11.9 Å². The van der Waals surface area contributed by atoms with Crippen molar-refractivity contribution < 1.29 is 23.8 Å². The normalized spacial score (nSPS) is 16.0. The zero-order valence-corrected chi connectivity index (χ0v) is 15.9. The Balaban J connectivity index is 2.14. The second-order valence-corrected chi connectivity index (χ2v) is 6.07. The van der Waals surface area contributed by atoms with Gasteiger partial charge in [0.15, 0.2) is 0 Å². The van der Waals surface area contributed by atoms with Crippen molar-refractivity contribution in [2.45, 2.75) is 6.04 Å². The molecule has 28 heavy (non-hydrogen) atoms. The first-order valence-corrected chi connectivity index (χ1v) is 8.67. The molecule has 0 amide bonds.